The predicted octanol–water partition coefficient (Wildman–Crippen LogP) is 4.17. The summed E-state index contributed by atoms with van der Waals surface area (Å²) in [4.78, 5) is 14.5. The van der Waals surface area contributed by atoms with Gasteiger partial charge in [0, 0.05) is 33.6 Å². The lowest BCUT2D eigenvalue weighted by molar-refractivity contribution is -0.139. The second-order valence-corrected chi connectivity index (χ2v) is 7.39. The van der Waals surface area contributed by atoms with Crippen LogP contribution in [-0.4, -0.2) is 22.4 Å². The summed E-state index contributed by atoms with van der Waals surface area (Å²) in [5, 5.41) is 1.12. The van der Waals surface area contributed by atoms with E-state index in [4.69, 9.17) is 28.9 Å². The predicted molar refractivity (Wildman–Crippen MR) is 87.6 cm³/mol. The van der Waals surface area contributed by atoms with E-state index in [-0.39, 0.29) is 23.5 Å². The molecule has 2 atom stereocenters. The van der Waals surface area contributed by atoms with Crippen LogP contribution in [0.2, 0.25) is 10.0 Å². The zero-order valence-corrected chi connectivity index (χ0v) is 14.2. The van der Waals surface area contributed by atoms with E-state index in [1.165, 1.54) is 0 Å². The summed E-state index contributed by atoms with van der Waals surface area (Å²) in [7, 11) is 0. The molecule has 0 spiro atoms. The highest BCUT2D eigenvalue weighted by atomic mass is 35.5. The number of carbonyl (C=O) groups excluding carboxylic acids is 1. The van der Waals surface area contributed by atoms with Crippen LogP contribution < -0.4 is 5.73 Å². The maximum absolute atomic E-state index is 12.6. The van der Waals surface area contributed by atoms with Gasteiger partial charge in [-0.25, -0.2) is 0 Å². The van der Waals surface area contributed by atoms with Crippen molar-refractivity contribution in [1.29, 1.82) is 0 Å². The quantitative estimate of drug-likeness (QED) is 0.840. The van der Waals surface area contributed by atoms with Crippen LogP contribution in [0.3, 0.4) is 0 Å². The molecule has 0 aromatic heterocycles. The van der Waals surface area contributed by atoms with Crippen LogP contribution >= 0.6 is 23.2 Å². The van der Waals surface area contributed by atoms with Crippen molar-refractivity contribution in [1.82, 2.24) is 4.90 Å². The van der Waals surface area contributed by atoms with Crippen molar-refractivity contribution in [3.05, 3.63) is 33.8 Å². The van der Waals surface area contributed by atoms with E-state index in [0.717, 1.165) is 18.4 Å². The van der Waals surface area contributed by atoms with E-state index in [1.807, 2.05) is 25.7 Å². The van der Waals surface area contributed by atoms with E-state index in [1.54, 1.807) is 18.2 Å². The summed E-state index contributed by atoms with van der Waals surface area (Å²) in [6.07, 6.45) is 2.10. The molecule has 0 saturated carbocycles. The van der Waals surface area contributed by atoms with Gasteiger partial charge in [0.2, 0.25) is 5.91 Å². The van der Waals surface area contributed by atoms with Crippen LogP contribution in [0.1, 0.15) is 51.6 Å². The molecule has 2 unspecified atom stereocenters. The zero-order chi connectivity index (χ0) is 15.8. The number of hydrogen-bond acceptors (Lipinski definition) is 2. The minimum Gasteiger partial charge on any atom is -0.329 e. The van der Waals surface area contributed by atoms with Crippen molar-refractivity contribution in [3.8, 4) is 0 Å². The third-order valence-electron chi connectivity index (χ3n) is 3.90. The molecule has 5 heteroatoms. The fourth-order valence-corrected chi connectivity index (χ4v) is 3.66. The molecule has 21 heavy (non-hydrogen) atoms. The lowest BCUT2D eigenvalue weighted by Gasteiger charge is -2.43. The Balaban J connectivity index is 2.61. The summed E-state index contributed by atoms with van der Waals surface area (Å²) >= 11 is 12.7. The van der Waals surface area contributed by atoms with Gasteiger partial charge < -0.3 is 10.6 Å². The largest absolute Gasteiger partial charge is 0.329 e. The Hall–Kier alpha value is -0.770. The monoisotopic (exact) mass is 328 g/mol. The van der Waals surface area contributed by atoms with Gasteiger partial charge in [0.05, 0.1) is 6.04 Å². The second kappa shape index (κ2) is 6.15. The van der Waals surface area contributed by atoms with Gasteiger partial charge in [-0.05, 0) is 45.7 Å². The fourth-order valence-electron chi connectivity index (χ4n) is 3.04. The number of halogens is 2. The van der Waals surface area contributed by atoms with Crippen LogP contribution in [0.15, 0.2) is 18.2 Å². The smallest absolute Gasteiger partial charge is 0.223 e. The molecule has 1 amide bonds. The van der Waals surface area contributed by atoms with Gasteiger partial charge in [-0.3, -0.25) is 4.79 Å². The third-order valence-corrected chi connectivity index (χ3v) is 4.56. The molecule has 2 N–H and O–H groups in total. The third kappa shape index (κ3) is 3.36. The number of likely N-dealkylation sites (tertiary alicyclic amines) is 1. The molecule has 1 fully saturated rings. The number of amides is 1. The highest BCUT2D eigenvalue weighted by Crippen LogP contribution is 2.41. The molecular formula is C16H22Cl2N2O. The van der Waals surface area contributed by atoms with Gasteiger partial charge in [0.25, 0.3) is 0 Å². The number of nitrogens with zero attached hydrogens (tertiary/aromatic N) is 1. The summed E-state index contributed by atoms with van der Waals surface area (Å²) in [5.41, 5.74) is 6.81. The van der Waals surface area contributed by atoms with Crippen molar-refractivity contribution >= 4 is 29.1 Å². The first-order valence-electron chi connectivity index (χ1n) is 7.25. The Kier molecular flexibility index (Phi) is 4.86. The van der Waals surface area contributed by atoms with Crippen molar-refractivity contribution in [2.45, 2.75) is 57.7 Å². The molecule has 2 rings (SSSR count). The molecule has 1 aromatic carbocycles. The molecule has 1 heterocycles. The molecule has 1 saturated heterocycles. The van der Waals surface area contributed by atoms with Gasteiger partial charge in [0.1, 0.15) is 0 Å². The number of nitrogens with two attached hydrogens (primary N) is 1. The summed E-state index contributed by atoms with van der Waals surface area (Å²) in [6, 6.07) is 4.94. The number of hydrogen-bond donors (Lipinski definition) is 1. The van der Waals surface area contributed by atoms with E-state index in [9.17, 15) is 4.79 Å². The van der Waals surface area contributed by atoms with E-state index >= 15 is 0 Å². The first-order valence-corrected chi connectivity index (χ1v) is 8.00. The van der Waals surface area contributed by atoms with Crippen molar-refractivity contribution < 1.29 is 4.79 Å². The van der Waals surface area contributed by atoms with Gasteiger partial charge in [0.15, 0.2) is 0 Å². The summed E-state index contributed by atoms with van der Waals surface area (Å²) in [5.74, 6) is 0.108. The van der Waals surface area contributed by atoms with Crippen LogP contribution in [0.25, 0.3) is 0 Å². The topological polar surface area (TPSA) is 46.3 Å². The highest BCUT2D eigenvalue weighted by molar-refractivity contribution is 6.36. The average Bonchev–Trinajstić information content (AvgIpc) is 2.48. The van der Waals surface area contributed by atoms with Crippen LogP contribution in [0, 0.1) is 0 Å². The van der Waals surface area contributed by atoms with Gasteiger partial charge in [-0.15, -0.1) is 0 Å². The minimum atomic E-state index is -0.341. The Morgan fingerprint density at radius 1 is 1.24 bits per heavy atom. The first-order chi connectivity index (χ1) is 9.73. The number of carbonyl (C=O) groups is 1. The zero-order valence-electron chi connectivity index (χ0n) is 12.7. The molecule has 1 aliphatic heterocycles. The van der Waals surface area contributed by atoms with Crippen LogP contribution in [0.5, 0.6) is 0 Å². The Morgan fingerprint density at radius 3 is 2.33 bits per heavy atom. The summed E-state index contributed by atoms with van der Waals surface area (Å²) < 4.78 is 0. The number of benzene rings is 1. The molecule has 0 bridgehead atoms. The standard InChI is InChI=1S/C16H22Cl2N2O/c1-16(2,3)20-13(21)9-5-8-12(19)15(20)14-10(17)6-4-7-11(14)18/h4,6-7,12,15H,5,8-9,19H2,1-3H3. The van der Waals surface area contributed by atoms with E-state index in [0.29, 0.717) is 16.5 Å². The van der Waals surface area contributed by atoms with Gasteiger partial charge in [-0.2, -0.15) is 0 Å². The lowest BCUT2D eigenvalue weighted by Crippen LogP contribution is -2.51. The van der Waals surface area contributed by atoms with Crippen LogP contribution in [-0.2, 0) is 4.79 Å². The Labute approximate surface area is 136 Å². The van der Waals surface area contributed by atoms with Crippen molar-refractivity contribution in [3.63, 3.8) is 0 Å². The average molecular weight is 329 g/mol. The Morgan fingerprint density at radius 2 is 1.81 bits per heavy atom. The molecule has 0 radical (unpaired) electrons. The molecule has 0 aliphatic carbocycles. The second-order valence-electron chi connectivity index (χ2n) is 6.57. The Bertz CT molecular complexity index is 519. The molecule has 1 aromatic rings. The summed E-state index contributed by atoms with van der Waals surface area (Å²) in [6.45, 7) is 6.04. The van der Waals surface area contributed by atoms with Crippen molar-refractivity contribution in [2.24, 2.45) is 5.73 Å². The van der Waals surface area contributed by atoms with E-state index < -0.39 is 0 Å². The molecule has 3 nitrogen and oxygen atoms in total. The van der Waals surface area contributed by atoms with Gasteiger partial charge >= 0.3 is 0 Å². The van der Waals surface area contributed by atoms with Crippen LogP contribution in [0.4, 0.5) is 0 Å². The van der Waals surface area contributed by atoms with Crippen molar-refractivity contribution in [2.75, 3.05) is 0 Å². The first kappa shape index (κ1) is 16.6. The maximum Gasteiger partial charge on any atom is 0.223 e. The molecular weight excluding hydrogens is 307 g/mol. The lowest BCUT2D eigenvalue weighted by atomic mass is 9.92. The SMILES string of the molecule is CC(C)(C)N1C(=O)CCCC(N)C1c1c(Cl)cccc1Cl. The van der Waals surface area contributed by atoms with Gasteiger partial charge in [-0.1, -0.05) is 29.3 Å². The fraction of sp³-hybridized carbons (Fsp3) is 0.562. The normalized spacial score (nSPS) is 24.1. The highest BCUT2D eigenvalue weighted by Gasteiger charge is 2.40. The number of rotatable bonds is 1. The molecule has 116 valence electrons. The maximum atomic E-state index is 12.6. The molecule has 1 aliphatic rings. The van der Waals surface area contributed by atoms with E-state index in [2.05, 4.69) is 0 Å². The minimum absolute atomic E-state index is 0.108.